The van der Waals surface area contributed by atoms with Crippen molar-refractivity contribution in [1.29, 1.82) is 0 Å². The Balaban J connectivity index is 2.63. The Morgan fingerprint density at radius 2 is 2.06 bits per heavy atom. The molecule has 1 aromatic carbocycles. The van der Waals surface area contributed by atoms with Crippen molar-refractivity contribution in [2.24, 2.45) is 7.05 Å². The highest BCUT2D eigenvalue weighted by molar-refractivity contribution is 6.31. The van der Waals surface area contributed by atoms with Gasteiger partial charge in [-0.15, -0.1) is 0 Å². The first-order valence-corrected chi connectivity index (χ1v) is 5.12. The molecule has 0 aliphatic heterocycles. The molecule has 0 unspecified atom stereocenters. The van der Waals surface area contributed by atoms with Crippen LogP contribution < -0.4 is 5.73 Å². The number of rotatable bonds is 1. The first-order valence-electron chi connectivity index (χ1n) is 4.74. The van der Waals surface area contributed by atoms with Crippen molar-refractivity contribution in [2.45, 2.75) is 6.92 Å². The van der Waals surface area contributed by atoms with Gasteiger partial charge in [-0.2, -0.15) is 5.10 Å². The summed E-state index contributed by atoms with van der Waals surface area (Å²) in [5.74, 6) is 0.143. The highest BCUT2D eigenvalue weighted by Gasteiger charge is 2.11. The lowest BCUT2D eigenvalue weighted by molar-refractivity contribution is 0.628. The van der Waals surface area contributed by atoms with E-state index in [0.717, 1.165) is 5.56 Å². The third-order valence-electron chi connectivity index (χ3n) is 2.50. The van der Waals surface area contributed by atoms with Gasteiger partial charge in [0.2, 0.25) is 0 Å². The van der Waals surface area contributed by atoms with E-state index in [0.29, 0.717) is 22.1 Å². The van der Waals surface area contributed by atoms with E-state index in [1.165, 1.54) is 16.8 Å². The van der Waals surface area contributed by atoms with Crippen molar-refractivity contribution in [3.8, 4) is 11.3 Å². The van der Waals surface area contributed by atoms with Gasteiger partial charge in [0.25, 0.3) is 0 Å². The minimum Gasteiger partial charge on any atom is -0.384 e. The molecule has 3 nitrogen and oxygen atoms in total. The zero-order valence-electron chi connectivity index (χ0n) is 8.96. The van der Waals surface area contributed by atoms with Gasteiger partial charge in [-0.3, -0.25) is 4.68 Å². The number of nitrogens with zero attached hydrogens (tertiary/aromatic N) is 2. The summed E-state index contributed by atoms with van der Waals surface area (Å²) in [6, 6.07) is 4.38. The molecular formula is C11H11ClFN3. The molecule has 16 heavy (non-hydrogen) atoms. The highest BCUT2D eigenvalue weighted by Crippen LogP contribution is 2.29. The van der Waals surface area contributed by atoms with E-state index in [1.54, 1.807) is 13.1 Å². The smallest absolute Gasteiger partial charge is 0.125 e. The maximum Gasteiger partial charge on any atom is 0.125 e. The summed E-state index contributed by atoms with van der Waals surface area (Å²) >= 11 is 5.91. The maximum atomic E-state index is 13.3. The van der Waals surface area contributed by atoms with E-state index in [4.69, 9.17) is 17.3 Å². The Morgan fingerprint density at radius 3 is 2.62 bits per heavy atom. The third kappa shape index (κ3) is 1.76. The molecule has 0 aliphatic rings. The largest absolute Gasteiger partial charge is 0.384 e. The number of hydrogen-bond acceptors (Lipinski definition) is 2. The van der Waals surface area contributed by atoms with Crippen LogP contribution in [0.5, 0.6) is 0 Å². The maximum absolute atomic E-state index is 13.3. The first kappa shape index (κ1) is 11.0. The van der Waals surface area contributed by atoms with Crippen LogP contribution in [0.2, 0.25) is 5.02 Å². The van der Waals surface area contributed by atoms with Crippen molar-refractivity contribution >= 4 is 17.4 Å². The lowest BCUT2D eigenvalue weighted by Crippen LogP contribution is -1.96. The van der Waals surface area contributed by atoms with Crippen molar-refractivity contribution < 1.29 is 4.39 Å². The fraction of sp³-hybridized carbons (Fsp3) is 0.182. The van der Waals surface area contributed by atoms with Gasteiger partial charge in [0.1, 0.15) is 11.6 Å². The summed E-state index contributed by atoms with van der Waals surface area (Å²) in [5, 5.41) is 4.58. The van der Waals surface area contributed by atoms with Gasteiger partial charge < -0.3 is 5.73 Å². The summed E-state index contributed by atoms with van der Waals surface area (Å²) in [7, 11) is 1.73. The van der Waals surface area contributed by atoms with Gasteiger partial charge >= 0.3 is 0 Å². The minimum atomic E-state index is -0.380. The first-order chi connectivity index (χ1) is 7.49. The van der Waals surface area contributed by atoms with Gasteiger partial charge in [0, 0.05) is 23.7 Å². The highest BCUT2D eigenvalue weighted by atomic mass is 35.5. The molecule has 1 aromatic heterocycles. The monoisotopic (exact) mass is 239 g/mol. The Labute approximate surface area is 97.6 Å². The number of hydrogen-bond donors (Lipinski definition) is 1. The molecule has 2 rings (SSSR count). The van der Waals surface area contributed by atoms with Gasteiger partial charge in [0.05, 0.1) is 5.69 Å². The lowest BCUT2D eigenvalue weighted by atomic mass is 10.1. The molecule has 5 heteroatoms. The molecule has 2 N–H and O–H groups in total. The molecule has 0 fully saturated rings. The van der Waals surface area contributed by atoms with Crippen LogP contribution in [0.15, 0.2) is 18.2 Å². The molecule has 0 amide bonds. The number of aromatic nitrogens is 2. The molecule has 0 saturated heterocycles. The van der Waals surface area contributed by atoms with Gasteiger partial charge in [-0.1, -0.05) is 11.6 Å². The molecule has 1 heterocycles. The Morgan fingerprint density at radius 1 is 1.38 bits per heavy atom. The standard InChI is InChI=1S/C11H11ClFN3/c1-6-8(3-7(13)4-9(6)12)10-5-11(14)16(2)15-10/h3-5H,14H2,1-2H3. The zero-order chi connectivity index (χ0) is 11.9. The summed E-state index contributed by atoms with van der Waals surface area (Å²) in [6.45, 7) is 1.82. The second kappa shape index (κ2) is 3.79. The Bertz CT molecular complexity index is 529. The van der Waals surface area contributed by atoms with E-state index in [9.17, 15) is 4.39 Å². The Hall–Kier alpha value is -1.55. The number of nitrogens with two attached hydrogens (primary N) is 1. The minimum absolute atomic E-state index is 0.380. The van der Waals surface area contributed by atoms with Crippen molar-refractivity contribution in [2.75, 3.05) is 5.73 Å². The quantitative estimate of drug-likeness (QED) is 0.832. The van der Waals surface area contributed by atoms with E-state index >= 15 is 0 Å². The van der Waals surface area contributed by atoms with Gasteiger partial charge in [-0.25, -0.2) is 4.39 Å². The number of aryl methyl sites for hydroxylation is 1. The van der Waals surface area contributed by atoms with Gasteiger partial charge in [0.15, 0.2) is 0 Å². The van der Waals surface area contributed by atoms with E-state index in [2.05, 4.69) is 5.10 Å². The van der Waals surface area contributed by atoms with Gasteiger partial charge in [-0.05, 0) is 24.6 Å². The van der Waals surface area contributed by atoms with Crippen molar-refractivity contribution in [3.05, 3.63) is 34.6 Å². The molecule has 84 valence electrons. The topological polar surface area (TPSA) is 43.8 Å². The van der Waals surface area contributed by atoms with E-state index in [1.807, 2.05) is 6.92 Å². The third-order valence-corrected chi connectivity index (χ3v) is 2.89. The van der Waals surface area contributed by atoms with Crippen molar-refractivity contribution in [3.63, 3.8) is 0 Å². The van der Waals surface area contributed by atoms with E-state index < -0.39 is 0 Å². The van der Waals surface area contributed by atoms with Crippen LogP contribution in [0, 0.1) is 12.7 Å². The van der Waals surface area contributed by atoms with Crippen LogP contribution in [0.25, 0.3) is 11.3 Å². The molecule has 0 radical (unpaired) electrons. The van der Waals surface area contributed by atoms with E-state index in [-0.39, 0.29) is 5.82 Å². The average Bonchev–Trinajstić information content (AvgIpc) is 2.53. The fourth-order valence-corrected chi connectivity index (χ4v) is 1.73. The van der Waals surface area contributed by atoms with Crippen LogP contribution in [0.3, 0.4) is 0 Å². The van der Waals surface area contributed by atoms with Crippen LogP contribution in [0.4, 0.5) is 10.2 Å². The summed E-state index contributed by atoms with van der Waals surface area (Å²) in [6.07, 6.45) is 0. The van der Waals surface area contributed by atoms with Crippen molar-refractivity contribution in [1.82, 2.24) is 9.78 Å². The van der Waals surface area contributed by atoms with Crippen LogP contribution in [-0.4, -0.2) is 9.78 Å². The van der Waals surface area contributed by atoms with Crippen LogP contribution in [-0.2, 0) is 7.05 Å². The molecule has 0 spiro atoms. The fourth-order valence-electron chi connectivity index (χ4n) is 1.53. The average molecular weight is 240 g/mol. The second-order valence-corrected chi connectivity index (χ2v) is 4.05. The molecular weight excluding hydrogens is 229 g/mol. The Kier molecular flexibility index (Phi) is 2.59. The number of benzene rings is 1. The molecule has 0 bridgehead atoms. The number of nitrogen functional groups attached to an aromatic ring is 1. The molecule has 2 aromatic rings. The molecule has 0 saturated carbocycles. The van der Waals surface area contributed by atoms with Crippen LogP contribution in [0.1, 0.15) is 5.56 Å². The number of anilines is 1. The SMILES string of the molecule is Cc1c(Cl)cc(F)cc1-c1cc(N)n(C)n1. The predicted octanol–water partition coefficient (Wildman–Crippen LogP) is 2.77. The second-order valence-electron chi connectivity index (χ2n) is 3.64. The summed E-state index contributed by atoms with van der Waals surface area (Å²) < 4.78 is 14.8. The normalized spacial score (nSPS) is 10.8. The summed E-state index contributed by atoms with van der Waals surface area (Å²) in [5.41, 5.74) is 7.76. The zero-order valence-corrected chi connectivity index (χ0v) is 9.72. The summed E-state index contributed by atoms with van der Waals surface area (Å²) in [4.78, 5) is 0. The predicted molar refractivity (Wildman–Crippen MR) is 62.8 cm³/mol. The lowest BCUT2D eigenvalue weighted by Gasteiger charge is -2.04. The number of halogens is 2. The van der Waals surface area contributed by atoms with Crippen LogP contribution >= 0.6 is 11.6 Å². The molecule has 0 aliphatic carbocycles. The molecule has 0 atom stereocenters.